The van der Waals surface area contributed by atoms with Gasteiger partial charge in [-0.3, -0.25) is 9.59 Å². The van der Waals surface area contributed by atoms with Gasteiger partial charge in [0.2, 0.25) is 5.91 Å². The van der Waals surface area contributed by atoms with Crippen molar-refractivity contribution in [2.45, 2.75) is 32.7 Å². The summed E-state index contributed by atoms with van der Waals surface area (Å²) < 4.78 is 5.03. The first-order chi connectivity index (χ1) is 7.13. The lowest BCUT2D eigenvalue weighted by Gasteiger charge is -2.11. The molecule has 15 heavy (non-hydrogen) atoms. The van der Waals surface area contributed by atoms with Crippen molar-refractivity contribution in [1.29, 1.82) is 0 Å². The van der Waals surface area contributed by atoms with Gasteiger partial charge in [-0.1, -0.05) is 19.1 Å². The van der Waals surface area contributed by atoms with Crippen LogP contribution in [0.3, 0.4) is 0 Å². The molecule has 1 aliphatic rings. The Morgan fingerprint density at radius 3 is 2.80 bits per heavy atom. The number of hydrogen-bond acceptors (Lipinski definition) is 3. The third-order valence-electron chi connectivity index (χ3n) is 2.22. The van der Waals surface area contributed by atoms with E-state index in [9.17, 15) is 9.59 Å². The van der Waals surface area contributed by atoms with Gasteiger partial charge in [-0.15, -0.1) is 0 Å². The van der Waals surface area contributed by atoms with Crippen LogP contribution in [0, 0.1) is 5.92 Å². The van der Waals surface area contributed by atoms with E-state index < -0.39 is 0 Å². The maximum atomic E-state index is 11.4. The fraction of sp³-hybridized carbons (Fsp3) is 0.636. The molecule has 84 valence electrons. The lowest BCUT2D eigenvalue weighted by molar-refractivity contribution is -0.147. The fourth-order valence-electron chi connectivity index (χ4n) is 1.55. The molecule has 1 N–H and O–H groups in total. The van der Waals surface area contributed by atoms with Gasteiger partial charge in [-0.25, -0.2) is 0 Å². The van der Waals surface area contributed by atoms with Crippen LogP contribution in [0.1, 0.15) is 26.7 Å². The summed E-state index contributed by atoms with van der Waals surface area (Å²) in [5.41, 5.74) is 0. The van der Waals surface area contributed by atoms with E-state index in [4.69, 9.17) is 4.74 Å². The predicted octanol–water partition coefficient (Wildman–Crippen LogP) is 1.02. The summed E-state index contributed by atoms with van der Waals surface area (Å²) >= 11 is 0. The molecule has 0 spiro atoms. The predicted molar refractivity (Wildman–Crippen MR) is 56.1 cm³/mol. The van der Waals surface area contributed by atoms with Gasteiger partial charge >= 0.3 is 5.97 Å². The van der Waals surface area contributed by atoms with Gasteiger partial charge in [0.05, 0.1) is 12.5 Å². The highest BCUT2D eigenvalue weighted by molar-refractivity contribution is 5.77. The Kier molecular flexibility index (Phi) is 4.34. The summed E-state index contributed by atoms with van der Waals surface area (Å²) in [4.78, 5) is 22.2. The highest BCUT2D eigenvalue weighted by Crippen LogP contribution is 2.19. The fourth-order valence-corrected chi connectivity index (χ4v) is 1.55. The monoisotopic (exact) mass is 211 g/mol. The first kappa shape index (κ1) is 11.8. The molecule has 1 aliphatic carbocycles. The van der Waals surface area contributed by atoms with E-state index in [1.54, 1.807) is 6.08 Å². The average molecular weight is 211 g/mol. The first-order valence-corrected chi connectivity index (χ1v) is 5.25. The normalized spacial score (nSPS) is 23.9. The molecule has 0 aromatic rings. The number of rotatable bonds is 4. The second-order valence-corrected chi connectivity index (χ2v) is 3.70. The topological polar surface area (TPSA) is 55.4 Å². The first-order valence-electron chi connectivity index (χ1n) is 5.25. The van der Waals surface area contributed by atoms with Crippen molar-refractivity contribution in [2.24, 2.45) is 5.92 Å². The molecule has 2 unspecified atom stereocenters. The SMILES string of the molecule is CCCOC(=O)C1C=CC(NC(C)=O)C1. The average Bonchev–Trinajstić information content (AvgIpc) is 2.61. The Labute approximate surface area is 89.7 Å². The van der Waals surface area contributed by atoms with Gasteiger partial charge in [0, 0.05) is 13.0 Å². The maximum absolute atomic E-state index is 11.4. The number of amides is 1. The molecule has 0 bridgehead atoms. The third-order valence-corrected chi connectivity index (χ3v) is 2.22. The van der Waals surface area contributed by atoms with E-state index in [1.165, 1.54) is 6.92 Å². The summed E-state index contributed by atoms with van der Waals surface area (Å²) in [6, 6.07) is -0.0262. The zero-order valence-electron chi connectivity index (χ0n) is 9.16. The largest absolute Gasteiger partial charge is 0.465 e. The van der Waals surface area contributed by atoms with Crippen LogP contribution in [0.2, 0.25) is 0 Å². The standard InChI is InChI=1S/C11H17NO3/c1-3-6-15-11(14)9-4-5-10(7-9)12-8(2)13/h4-5,9-10H,3,6-7H2,1-2H3,(H,12,13). The van der Waals surface area contributed by atoms with Crippen molar-refractivity contribution in [3.8, 4) is 0 Å². The summed E-state index contributed by atoms with van der Waals surface area (Å²) in [6.45, 7) is 3.89. The minimum Gasteiger partial charge on any atom is -0.465 e. The Morgan fingerprint density at radius 2 is 2.20 bits per heavy atom. The van der Waals surface area contributed by atoms with E-state index in [0.29, 0.717) is 13.0 Å². The molecule has 1 amide bonds. The second-order valence-electron chi connectivity index (χ2n) is 3.70. The molecular weight excluding hydrogens is 194 g/mol. The number of nitrogens with one attached hydrogen (secondary N) is 1. The van der Waals surface area contributed by atoms with Crippen molar-refractivity contribution < 1.29 is 14.3 Å². The van der Waals surface area contributed by atoms with Crippen LogP contribution >= 0.6 is 0 Å². The molecule has 4 heteroatoms. The zero-order valence-corrected chi connectivity index (χ0v) is 9.16. The Bertz CT molecular complexity index is 273. The van der Waals surface area contributed by atoms with Gasteiger partial charge < -0.3 is 10.1 Å². The maximum Gasteiger partial charge on any atom is 0.312 e. The number of carbonyl (C=O) groups is 2. The Balaban J connectivity index is 2.33. The third kappa shape index (κ3) is 3.73. The molecule has 0 heterocycles. The van der Waals surface area contributed by atoms with E-state index in [2.05, 4.69) is 5.32 Å². The molecule has 0 aromatic carbocycles. The number of ether oxygens (including phenoxy) is 1. The molecule has 0 saturated carbocycles. The van der Waals surface area contributed by atoms with Crippen LogP contribution in [0.25, 0.3) is 0 Å². The van der Waals surface area contributed by atoms with E-state index >= 15 is 0 Å². The minimum atomic E-state index is -0.201. The van der Waals surface area contributed by atoms with Gasteiger partial charge in [0.1, 0.15) is 0 Å². The van der Waals surface area contributed by atoms with Crippen molar-refractivity contribution in [2.75, 3.05) is 6.61 Å². The molecule has 0 aliphatic heterocycles. The summed E-state index contributed by atoms with van der Waals surface area (Å²) in [5.74, 6) is -0.471. The number of hydrogen-bond donors (Lipinski definition) is 1. The highest BCUT2D eigenvalue weighted by Gasteiger charge is 2.26. The van der Waals surface area contributed by atoms with Crippen LogP contribution in [-0.2, 0) is 14.3 Å². The lowest BCUT2D eigenvalue weighted by atomic mass is 10.1. The van der Waals surface area contributed by atoms with Crippen molar-refractivity contribution >= 4 is 11.9 Å². The van der Waals surface area contributed by atoms with Gasteiger partial charge in [-0.2, -0.15) is 0 Å². The van der Waals surface area contributed by atoms with Gasteiger partial charge in [-0.05, 0) is 12.8 Å². The quantitative estimate of drug-likeness (QED) is 0.558. The summed E-state index contributed by atoms with van der Waals surface area (Å²) in [7, 11) is 0. The van der Waals surface area contributed by atoms with Gasteiger partial charge in [0.15, 0.2) is 0 Å². The van der Waals surface area contributed by atoms with Crippen LogP contribution in [-0.4, -0.2) is 24.5 Å². The molecular formula is C11H17NO3. The van der Waals surface area contributed by atoms with Crippen LogP contribution in [0.5, 0.6) is 0 Å². The smallest absolute Gasteiger partial charge is 0.312 e. The van der Waals surface area contributed by atoms with Crippen LogP contribution in [0.15, 0.2) is 12.2 Å². The summed E-state index contributed by atoms with van der Waals surface area (Å²) in [6.07, 6.45) is 5.09. The lowest BCUT2D eigenvalue weighted by Crippen LogP contribution is -2.31. The number of carbonyl (C=O) groups excluding carboxylic acids is 2. The van der Waals surface area contributed by atoms with Crippen molar-refractivity contribution in [1.82, 2.24) is 5.32 Å². The van der Waals surface area contributed by atoms with E-state index in [-0.39, 0.29) is 23.8 Å². The molecule has 0 radical (unpaired) electrons. The second kappa shape index (κ2) is 5.53. The van der Waals surface area contributed by atoms with E-state index in [0.717, 1.165) is 6.42 Å². The Morgan fingerprint density at radius 1 is 1.47 bits per heavy atom. The summed E-state index contributed by atoms with van der Waals surface area (Å²) in [5, 5.41) is 2.75. The molecule has 1 rings (SSSR count). The van der Waals surface area contributed by atoms with Crippen molar-refractivity contribution in [3.05, 3.63) is 12.2 Å². The molecule has 0 aromatic heterocycles. The van der Waals surface area contributed by atoms with Gasteiger partial charge in [0.25, 0.3) is 0 Å². The zero-order chi connectivity index (χ0) is 11.3. The molecule has 0 saturated heterocycles. The minimum absolute atomic E-state index is 0.0262. The van der Waals surface area contributed by atoms with E-state index in [1.807, 2.05) is 13.0 Å². The molecule has 4 nitrogen and oxygen atoms in total. The van der Waals surface area contributed by atoms with Crippen LogP contribution in [0.4, 0.5) is 0 Å². The highest BCUT2D eigenvalue weighted by atomic mass is 16.5. The van der Waals surface area contributed by atoms with Crippen LogP contribution < -0.4 is 5.32 Å². The number of esters is 1. The van der Waals surface area contributed by atoms with Crippen molar-refractivity contribution in [3.63, 3.8) is 0 Å². The molecule has 2 atom stereocenters. The molecule has 0 fully saturated rings. The Hall–Kier alpha value is -1.32.